The molecule has 3 aromatic rings. The van der Waals surface area contributed by atoms with E-state index in [9.17, 15) is 18.0 Å². The monoisotopic (exact) mass is 609 g/mol. The number of nitrogens with one attached hydrogen (secondary N) is 1. The molecule has 1 N–H and O–H groups in total. The lowest BCUT2D eigenvalue weighted by Crippen LogP contribution is -2.53. The topological polar surface area (TPSA) is 86.8 Å². The summed E-state index contributed by atoms with van der Waals surface area (Å²) in [6.45, 7) is 5.57. The molecule has 0 spiro atoms. The van der Waals surface area contributed by atoms with Crippen molar-refractivity contribution in [3.05, 3.63) is 95.0 Å². The smallest absolute Gasteiger partial charge is 0.264 e. The molecule has 1 aliphatic carbocycles. The molecule has 1 saturated carbocycles. The second kappa shape index (κ2) is 14.2. The number of carbonyl (C=O) groups excluding carboxylic acids is 2. The van der Waals surface area contributed by atoms with Crippen molar-refractivity contribution in [2.45, 2.75) is 82.3 Å². The molecule has 224 valence electrons. The van der Waals surface area contributed by atoms with Crippen LogP contribution in [0.25, 0.3) is 0 Å². The Morgan fingerprint density at radius 1 is 0.929 bits per heavy atom. The molecular formula is C33H40ClN3O4S. The Bertz CT molecular complexity index is 1460. The van der Waals surface area contributed by atoms with Crippen molar-refractivity contribution in [3.63, 3.8) is 0 Å². The summed E-state index contributed by atoms with van der Waals surface area (Å²) in [4.78, 5) is 29.3. The molecule has 1 fully saturated rings. The molecule has 42 heavy (non-hydrogen) atoms. The maximum absolute atomic E-state index is 14.2. The predicted octanol–water partition coefficient (Wildman–Crippen LogP) is 6.52. The highest BCUT2D eigenvalue weighted by molar-refractivity contribution is 7.92. The fourth-order valence-corrected chi connectivity index (χ4v) is 7.00. The summed E-state index contributed by atoms with van der Waals surface area (Å²) in [5, 5.41) is 3.60. The van der Waals surface area contributed by atoms with Gasteiger partial charge in [-0.25, -0.2) is 8.42 Å². The third kappa shape index (κ3) is 7.53. The molecule has 0 aromatic heterocycles. The zero-order valence-electron chi connectivity index (χ0n) is 24.5. The zero-order valence-corrected chi connectivity index (χ0v) is 26.1. The first-order valence-corrected chi connectivity index (χ1v) is 16.4. The van der Waals surface area contributed by atoms with Gasteiger partial charge in [-0.2, -0.15) is 0 Å². The minimum atomic E-state index is -4.11. The molecular weight excluding hydrogens is 570 g/mol. The largest absolute Gasteiger partial charge is 0.352 e. The van der Waals surface area contributed by atoms with Gasteiger partial charge in [-0.15, -0.1) is 0 Å². The molecule has 3 aromatic carbocycles. The van der Waals surface area contributed by atoms with Crippen LogP contribution in [-0.4, -0.2) is 43.8 Å². The molecule has 0 bridgehead atoms. The Morgan fingerprint density at radius 3 is 2.14 bits per heavy atom. The number of anilines is 1. The lowest BCUT2D eigenvalue weighted by Gasteiger charge is -2.34. The lowest BCUT2D eigenvalue weighted by atomic mass is 10.0. The first-order valence-electron chi connectivity index (χ1n) is 14.6. The molecule has 0 aliphatic heterocycles. The molecule has 0 heterocycles. The van der Waals surface area contributed by atoms with E-state index in [1.54, 1.807) is 42.5 Å². The summed E-state index contributed by atoms with van der Waals surface area (Å²) in [7, 11) is -4.11. The molecule has 0 saturated heterocycles. The van der Waals surface area contributed by atoms with Gasteiger partial charge in [0.2, 0.25) is 11.8 Å². The summed E-state index contributed by atoms with van der Waals surface area (Å²) in [6, 6.07) is 21.8. The van der Waals surface area contributed by atoms with Crippen molar-refractivity contribution >= 4 is 39.1 Å². The standard InChI is InChI=1S/C33H40ClN3O4S/c1-4-31(33(39)35-27-13-9-10-14-27)36(22-26-12-8-11-17-30(26)34)32(38)23-37(28-20-18-25(19-21-28)24(2)3)42(40,41)29-15-6-5-7-16-29/h5-8,11-12,15-21,24,27,31H,4,9-10,13-14,22-23H2,1-3H3,(H,35,39). The minimum absolute atomic E-state index is 0.0701. The van der Waals surface area contributed by atoms with Gasteiger partial charge in [0.15, 0.2) is 0 Å². The van der Waals surface area contributed by atoms with E-state index in [4.69, 9.17) is 11.6 Å². The Kier molecular flexibility index (Phi) is 10.7. The third-order valence-electron chi connectivity index (χ3n) is 7.84. The number of halogens is 1. The molecule has 1 unspecified atom stereocenters. The van der Waals surface area contributed by atoms with Gasteiger partial charge in [0, 0.05) is 17.6 Å². The van der Waals surface area contributed by atoms with Gasteiger partial charge >= 0.3 is 0 Å². The van der Waals surface area contributed by atoms with Crippen LogP contribution in [0.3, 0.4) is 0 Å². The van der Waals surface area contributed by atoms with Gasteiger partial charge in [0.05, 0.1) is 10.6 Å². The lowest BCUT2D eigenvalue weighted by molar-refractivity contribution is -0.140. The quantitative estimate of drug-likeness (QED) is 0.253. The van der Waals surface area contributed by atoms with Crippen LogP contribution >= 0.6 is 11.6 Å². The molecule has 2 amide bonds. The normalized spacial score (nSPS) is 14.5. The minimum Gasteiger partial charge on any atom is -0.352 e. The van der Waals surface area contributed by atoms with Gasteiger partial charge in [0.25, 0.3) is 10.0 Å². The molecule has 0 radical (unpaired) electrons. The summed E-state index contributed by atoms with van der Waals surface area (Å²) >= 11 is 6.49. The summed E-state index contributed by atoms with van der Waals surface area (Å²) in [5.41, 5.74) is 2.10. The Hall–Kier alpha value is -3.36. The Morgan fingerprint density at radius 2 is 1.55 bits per heavy atom. The molecule has 1 aliphatic rings. The van der Waals surface area contributed by atoms with Gasteiger partial charge in [-0.05, 0) is 66.6 Å². The predicted molar refractivity (Wildman–Crippen MR) is 168 cm³/mol. The molecule has 9 heteroatoms. The van der Waals surface area contributed by atoms with Gasteiger partial charge in [0.1, 0.15) is 12.6 Å². The van der Waals surface area contributed by atoms with Crippen LogP contribution in [-0.2, 0) is 26.2 Å². The van der Waals surface area contributed by atoms with E-state index in [0.29, 0.717) is 22.7 Å². The van der Waals surface area contributed by atoms with E-state index >= 15 is 0 Å². The SMILES string of the molecule is CCC(C(=O)NC1CCCC1)N(Cc1ccccc1Cl)C(=O)CN(c1ccc(C(C)C)cc1)S(=O)(=O)c1ccccc1. The highest BCUT2D eigenvalue weighted by Crippen LogP contribution is 2.27. The van der Waals surface area contributed by atoms with Crippen molar-refractivity contribution in [2.75, 3.05) is 10.8 Å². The van der Waals surface area contributed by atoms with E-state index in [1.807, 2.05) is 31.2 Å². The van der Waals surface area contributed by atoms with Crippen molar-refractivity contribution in [1.82, 2.24) is 10.2 Å². The summed E-state index contributed by atoms with van der Waals surface area (Å²) in [5.74, 6) is -0.464. The second-order valence-electron chi connectivity index (χ2n) is 11.1. The van der Waals surface area contributed by atoms with Crippen LogP contribution in [0.2, 0.25) is 5.02 Å². The molecule has 7 nitrogen and oxygen atoms in total. The van der Waals surface area contributed by atoms with Crippen LogP contribution in [0.5, 0.6) is 0 Å². The van der Waals surface area contributed by atoms with Gasteiger partial charge in [-0.1, -0.05) is 93.7 Å². The Labute approximate surface area is 254 Å². The first kappa shape index (κ1) is 31.6. The van der Waals surface area contributed by atoms with Crippen molar-refractivity contribution in [3.8, 4) is 0 Å². The average molecular weight is 610 g/mol. The third-order valence-corrected chi connectivity index (χ3v) is 10.0. The fraction of sp³-hybridized carbons (Fsp3) is 0.394. The van der Waals surface area contributed by atoms with Crippen LogP contribution in [0, 0.1) is 0 Å². The number of carbonyl (C=O) groups is 2. The van der Waals surface area contributed by atoms with Gasteiger partial charge in [-0.3, -0.25) is 13.9 Å². The van der Waals surface area contributed by atoms with Crippen molar-refractivity contribution in [1.29, 1.82) is 0 Å². The van der Waals surface area contributed by atoms with Crippen LogP contribution in [0.4, 0.5) is 5.69 Å². The maximum Gasteiger partial charge on any atom is 0.264 e. The first-order chi connectivity index (χ1) is 20.1. The summed E-state index contributed by atoms with van der Waals surface area (Å²) in [6.07, 6.45) is 4.31. The van der Waals surface area contributed by atoms with Crippen molar-refractivity contribution in [2.24, 2.45) is 0 Å². The van der Waals surface area contributed by atoms with Crippen LogP contribution in [0.15, 0.2) is 83.8 Å². The van der Waals surface area contributed by atoms with Crippen molar-refractivity contribution < 1.29 is 18.0 Å². The van der Waals surface area contributed by atoms with E-state index in [-0.39, 0.29) is 29.3 Å². The number of amides is 2. The molecule has 4 rings (SSSR count). The summed E-state index contributed by atoms with van der Waals surface area (Å²) < 4.78 is 29.1. The Balaban J connectivity index is 1.72. The second-order valence-corrected chi connectivity index (χ2v) is 13.4. The van der Waals surface area contributed by atoms with E-state index < -0.39 is 28.5 Å². The highest BCUT2D eigenvalue weighted by Gasteiger charge is 2.34. The van der Waals surface area contributed by atoms with E-state index in [0.717, 1.165) is 35.6 Å². The average Bonchev–Trinajstić information content (AvgIpc) is 3.50. The van der Waals surface area contributed by atoms with E-state index in [1.165, 1.54) is 17.0 Å². The fourth-order valence-electron chi connectivity index (χ4n) is 5.37. The number of sulfonamides is 1. The number of rotatable bonds is 12. The maximum atomic E-state index is 14.2. The zero-order chi connectivity index (χ0) is 30.3. The number of benzene rings is 3. The number of nitrogens with zero attached hydrogens (tertiary/aromatic N) is 2. The highest BCUT2D eigenvalue weighted by atomic mass is 35.5. The van der Waals surface area contributed by atoms with E-state index in [2.05, 4.69) is 19.2 Å². The van der Waals surface area contributed by atoms with Crippen LogP contribution in [0.1, 0.15) is 69.9 Å². The number of hydrogen-bond donors (Lipinski definition) is 1. The van der Waals surface area contributed by atoms with Crippen LogP contribution < -0.4 is 9.62 Å². The number of hydrogen-bond acceptors (Lipinski definition) is 4. The van der Waals surface area contributed by atoms with Gasteiger partial charge < -0.3 is 10.2 Å². The molecule has 1 atom stereocenters.